The van der Waals surface area contributed by atoms with Gasteiger partial charge in [0, 0.05) is 30.2 Å². The summed E-state index contributed by atoms with van der Waals surface area (Å²) in [5.74, 6) is 1.23. The third-order valence-corrected chi connectivity index (χ3v) is 7.28. The molecule has 0 fully saturated rings. The second kappa shape index (κ2) is 8.46. The van der Waals surface area contributed by atoms with E-state index in [0.717, 1.165) is 41.1 Å². The number of nitrogens with zero attached hydrogens (tertiary/aromatic N) is 2. The maximum Gasteiger partial charge on any atom is 0.161 e. The number of aliphatic hydroxyl groups excluding tert-OH is 1. The van der Waals surface area contributed by atoms with Crippen molar-refractivity contribution >= 4 is 10.9 Å². The fraction of sp³-hybridized carbons (Fsp3) is 0.286. The maximum absolute atomic E-state index is 14.9. The molecule has 0 aliphatic carbocycles. The van der Waals surface area contributed by atoms with Crippen molar-refractivity contribution in [3.05, 3.63) is 94.4 Å². The summed E-state index contributed by atoms with van der Waals surface area (Å²) >= 11 is 0. The zero-order valence-corrected chi connectivity index (χ0v) is 19.1. The quantitative estimate of drug-likeness (QED) is 0.459. The predicted molar refractivity (Wildman–Crippen MR) is 128 cm³/mol. The highest BCUT2D eigenvalue weighted by molar-refractivity contribution is 5.86. The smallest absolute Gasteiger partial charge is 0.161 e. The van der Waals surface area contributed by atoms with Gasteiger partial charge in [-0.2, -0.15) is 0 Å². The van der Waals surface area contributed by atoms with Crippen LogP contribution in [0.2, 0.25) is 0 Å². The highest BCUT2D eigenvalue weighted by Gasteiger charge is 2.36. The summed E-state index contributed by atoms with van der Waals surface area (Å²) in [5, 5.41) is 10.7. The molecule has 3 aromatic carbocycles. The molecule has 34 heavy (non-hydrogen) atoms. The molecule has 0 radical (unpaired) electrons. The highest BCUT2D eigenvalue weighted by atomic mass is 19.1. The van der Waals surface area contributed by atoms with Crippen molar-refractivity contribution in [2.45, 2.75) is 38.8 Å². The number of halogens is 1. The lowest BCUT2D eigenvalue weighted by Crippen LogP contribution is -2.40. The van der Waals surface area contributed by atoms with Crippen LogP contribution in [0.15, 0.2) is 60.7 Å². The van der Waals surface area contributed by atoms with Crippen molar-refractivity contribution in [2.75, 3.05) is 13.7 Å². The summed E-state index contributed by atoms with van der Waals surface area (Å²) in [6.07, 6.45) is 1.60. The van der Waals surface area contributed by atoms with E-state index >= 15 is 0 Å². The molecule has 1 atom stereocenters. The van der Waals surface area contributed by atoms with Gasteiger partial charge in [0.25, 0.3) is 0 Å². The standard InChI is InChI=1S/C28H27FN2O3/c1-33-26-14-20-19(12-27(26)34-16-18-6-3-2-4-7-18)10-11-30-15-25-21(13-24(20)30)28-22(29)8-5-9-23(28)31(25)17-32/h2-9,12,14,24,32H,10-11,13,15-17H2,1H3. The van der Waals surface area contributed by atoms with Gasteiger partial charge in [0.15, 0.2) is 11.5 Å². The van der Waals surface area contributed by atoms with Gasteiger partial charge in [-0.25, -0.2) is 4.39 Å². The van der Waals surface area contributed by atoms with Crippen molar-refractivity contribution in [1.82, 2.24) is 9.47 Å². The van der Waals surface area contributed by atoms with Crippen LogP contribution in [0.5, 0.6) is 11.5 Å². The van der Waals surface area contributed by atoms with Gasteiger partial charge in [-0.1, -0.05) is 36.4 Å². The van der Waals surface area contributed by atoms with Crippen LogP contribution < -0.4 is 9.47 Å². The van der Waals surface area contributed by atoms with Gasteiger partial charge < -0.3 is 19.1 Å². The SMILES string of the molecule is COc1cc2c(cc1OCc1ccccc1)CCN1Cc3c(c4c(F)cccc4n3CO)CC21. The van der Waals surface area contributed by atoms with Gasteiger partial charge in [-0.3, -0.25) is 4.90 Å². The van der Waals surface area contributed by atoms with E-state index in [0.29, 0.717) is 30.7 Å². The topological polar surface area (TPSA) is 46.9 Å². The Hall–Kier alpha value is -3.35. The van der Waals surface area contributed by atoms with Crippen LogP contribution in [0.3, 0.4) is 0 Å². The molecule has 2 aliphatic heterocycles. The molecule has 0 saturated carbocycles. The Balaban J connectivity index is 1.37. The van der Waals surface area contributed by atoms with Crippen LogP contribution in [0.4, 0.5) is 4.39 Å². The van der Waals surface area contributed by atoms with Crippen molar-refractivity contribution in [1.29, 1.82) is 0 Å². The Bertz CT molecular complexity index is 1370. The molecule has 6 heteroatoms. The Morgan fingerprint density at radius 1 is 1.06 bits per heavy atom. The number of benzene rings is 3. The number of rotatable bonds is 5. The average molecular weight is 459 g/mol. The summed E-state index contributed by atoms with van der Waals surface area (Å²) in [4.78, 5) is 2.43. The van der Waals surface area contributed by atoms with Gasteiger partial charge in [0.05, 0.1) is 12.6 Å². The summed E-state index contributed by atoms with van der Waals surface area (Å²) in [6, 6.07) is 19.5. The number of aliphatic hydroxyl groups is 1. The van der Waals surface area contributed by atoms with Gasteiger partial charge in [0.1, 0.15) is 19.2 Å². The van der Waals surface area contributed by atoms with E-state index in [1.54, 1.807) is 13.2 Å². The van der Waals surface area contributed by atoms with Gasteiger partial charge in [-0.15, -0.1) is 0 Å². The number of methoxy groups -OCH3 is 1. The fourth-order valence-electron chi connectivity index (χ4n) is 5.63. The van der Waals surface area contributed by atoms with E-state index < -0.39 is 0 Å². The molecule has 174 valence electrons. The summed E-state index contributed by atoms with van der Waals surface area (Å²) < 4.78 is 28.6. The average Bonchev–Trinajstić information content (AvgIpc) is 3.19. The van der Waals surface area contributed by atoms with E-state index in [1.165, 1.54) is 17.2 Å². The molecular formula is C28H27FN2O3. The molecule has 2 aliphatic rings. The maximum atomic E-state index is 14.9. The molecule has 1 N–H and O–H groups in total. The largest absolute Gasteiger partial charge is 0.493 e. The van der Waals surface area contributed by atoms with Crippen LogP contribution in [0.25, 0.3) is 10.9 Å². The lowest BCUT2D eigenvalue weighted by atomic mass is 9.85. The first-order chi connectivity index (χ1) is 16.7. The Kier molecular flexibility index (Phi) is 5.27. The fourth-order valence-corrected chi connectivity index (χ4v) is 5.63. The number of hydrogen-bond donors (Lipinski definition) is 1. The molecule has 0 bridgehead atoms. The Labute approximate surface area is 198 Å². The first-order valence-electron chi connectivity index (χ1n) is 11.7. The first kappa shape index (κ1) is 21.2. The van der Waals surface area contributed by atoms with E-state index in [4.69, 9.17) is 9.47 Å². The molecule has 4 aromatic rings. The van der Waals surface area contributed by atoms with E-state index in [-0.39, 0.29) is 18.6 Å². The summed E-state index contributed by atoms with van der Waals surface area (Å²) in [6.45, 7) is 1.91. The summed E-state index contributed by atoms with van der Waals surface area (Å²) in [7, 11) is 1.67. The number of ether oxygens (including phenoxy) is 2. The van der Waals surface area contributed by atoms with E-state index in [2.05, 4.69) is 17.0 Å². The zero-order valence-electron chi connectivity index (χ0n) is 19.1. The molecular weight excluding hydrogens is 431 g/mol. The van der Waals surface area contributed by atoms with Crippen molar-refractivity contribution in [3.8, 4) is 11.5 Å². The third-order valence-electron chi connectivity index (χ3n) is 7.28. The minimum Gasteiger partial charge on any atom is -0.493 e. The van der Waals surface area contributed by atoms with Crippen molar-refractivity contribution in [3.63, 3.8) is 0 Å². The predicted octanol–water partition coefficient (Wildman–Crippen LogP) is 4.97. The first-order valence-corrected chi connectivity index (χ1v) is 11.7. The van der Waals surface area contributed by atoms with Crippen LogP contribution in [-0.4, -0.2) is 28.2 Å². The molecule has 6 rings (SSSR count). The van der Waals surface area contributed by atoms with Crippen LogP contribution >= 0.6 is 0 Å². The van der Waals surface area contributed by atoms with Gasteiger partial charge >= 0.3 is 0 Å². The molecule has 3 heterocycles. The lowest BCUT2D eigenvalue weighted by molar-refractivity contribution is 0.145. The van der Waals surface area contributed by atoms with Crippen LogP contribution in [-0.2, 0) is 32.7 Å². The van der Waals surface area contributed by atoms with Gasteiger partial charge in [-0.05, 0) is 59.4 Å². The molecule has 5 nitrogen and oxygen atoms in total. The Morgan fingerprint density at radius 2 is 1.91 bits per heavy atom. The minimum atomic E-state index is -0.229. The zero-order chi connectivity index (χ0) is 23.2. The number of aromatic nitrogens is 1. The van der Waals surface area contributed by atoms with Crippen LogP contribution in [0.1, 0.15) is 34.0 Å². The number of hydrogen-bond acceptors (Lipinski definition) is 4. The highest BCUT2D eigenvalue weighted by Crippen LogP contribution is 2.45. The van der Waals surface area contributed by atoms with Crippen molar-refractivity contribution < 1.29 is 19.0 Å². The van der Waals surface area contributed by atoms with Crippen molar-refractivity contribution in [2.24, 2.45) is 0 Å². The monoisotopic (exact) mass is 458 g/mol. The van der Waals surface area contributed by atoms with E-state index in [9.17, 15) is 9.50 Å². The molecule has 1 aromatic heterocycles. The Morgan fingerprint density at radius 3 is 2.71 bits per heavy atom. The van der Waals surface area contributed by atoms with Crippen LogP contribution in [0, 0.1) is 5.82 Å². The normalized spacial score (nSPS) is 17.2. The third kappa shape index (κ3) is 3.37. The number of fused-ring (bicyclic) bond motifs is 6. The minimum absolute atomic E-state index is 0.130. The lowest BCUT2D eigenvalue weighted by Gasteiger charge is -2.41. The molecule has 1 unspecified atom stereocenters. The molecule has 0 saturated heterocycles. The molecule has 0 amide bonds. The van der Waals surface area contributed by atoms with Gasteiger partial charge in [0.2, 0.25) is 0 Å². The molecule has 0 spiro atoms. The second-order valence-electron chi connectivity index (χ2n) is 9.05. The summed E-state index contributed by atoms with van der Waals surface area (Å²) in [5.41, 5.74) is 6.34. The van der Waals surface area contributed by atoms with E-state index in [1.807, 2.05) is 41.0 Å². The second-order valence-corrected chi connectivity index (χ2v) is 9.05.